The van der Waals surface area contributed by atoms with Crippen LogP contribution < -0.4 is 5.32 Å². The van der Waals surface area contributed by atoms with Crippen LogP contribution in [0.1, 0.15) is 56.1 Å². The van der Waals surface area contributed by atoms with E-state index in [9.17, 15) is 19.5 Å². The number of aliphatic carboxylic acids is 1. The topological polar surface area (TPSA) is 95.9 Å². The Labute approximate surface area is 205 Å². The second-order valence-electron chi connectivity index (χ2n) is 10.3. The Morgan fingerprint density at radius 3 is 2.20 bits per heavy atom. The summed E-state index contributed by atoms with van der Waals surface area (Å²) in [5.41, 5.74) is 3.64. The molecular formula is C28H32N2O5. The number of nitrogens with one attached hydrogen (secondary N) is 1. The Balaban J connectivity index is 1.26. The number of nitrogens with zero attached hydrogens (tertiary/aromatic N) is 1. The first-order chi connectivity index (χ1) is 16.9. The first kappa shape index (κ1) is 23.4. The zero-order valence-electron chi connectivity index (χ0n) is 20.0. The lowest BCUT2D eigenvalue weighted by Crippen LogP contribution is -2.58. The van der Waals surface area contributed by atoms with Crippen molar-refractivity contribution in [3.8, 4) is 11.1 Å². The number of rotatable bonds is 6. The molecule has 0 aromatic heterocycles. The van der Waals surface area contributed by atoms with Gasteiger partial charge in [0.2, 0.25) is 5.91 Å². The normalized spacial score (nSPS) is 22.5. The van der Waals surface area contributed by atoms with Gasteiger partial charge in [0.25, 0.3) is 0 Å². The van der Waals surface area contributed by atoms with Crippen LogP contribution in [0.4, 0.5) is 4.79 Å². The van der Waals surface area contributed by atoms with Gasteiger partial charge in [-0.3, -0.25) is 9.59 Å². The number of benzene rings is 2. The van der Waals surface area contributed by atoms with Gasteiger partial charge in [-0.05, 0) is 46.9 Å². The van der Waals surface area contributed by atoms with E-state index >= 15 is 0 Å². The molecule has 2 fully saturated rings. The maximum atomic E-state index is 13.6. The summed E-state index contributed by atoms with van der Waals surface area (Å²) in [7, 11) is 0. The highest BCUT2D eigenvalue weighted by atomic mass is 16.5. The van der Waals surface area contributed by atoms with Crippen molar-refractivity contribution < 1.29 is 24.2 Å². The molecule has 1 saturated carbocycles. The van der Waals surface area contributed by atoms with E-state index in [-0.39, 0.29) is 36.7 Å². The van der Waals surface area contributed by atoms with Gasteiger partial charge < -0.3 is 20.1 Å². The molecule has 2 N–H and O–H groups in total. The molecule has 5 rings (SSSR count). The molecule has 2 aliphatic carbocycles. The molecule has 2 aromatic rings. The number of hydrogen-bond donors (Lipinski definition) is 2. The van der Waals surface area contributed by atoms with Gasteiger partial charge >= 0.3 is 12.1 Å². The van der Waals surface area contributed by atoms with Crippen LogP contribution in [0, 0.1) is 11.8 Å². The summed E-state index contributed by atoms with van der Waals surface area (Å²) in [6.07, 6.45) is 2.35. The highest BCUT2D eigenvalue weighted by Crippen LogP contribution is 2.44. The van der Waals surface area contributed by atoms with E-state index in [1.54, 1.807) is 4.90 Å². The molecule has 2 atom stereocenters. The van der Waals surface area contributed by atoms with Gasteiger partial charge in [-0.25, -0.2) is 4.79 Å². The average Bonchev–Trinajstić information content (AvgIpc) is 3.54. The quantitative estimate of drug-likeness (QED) is 0.644. The number of amides is 2. The number of carboxylic acid groups (broad SMARTS) is 1. The molecule has 0 unspecified atom stereocenters. The van der Waals surface area contributed by atoms with Gasteiger partial charge in [-0.1, -0.05) is 68.3 Å². The Kier molecular flexibility index (Phi) is 6.26. The molecule has 184 valence electrons. The number of alkyl carbamates (subject to hydrolysis) is 1. The summed E-state index contributed by atoms with van der Waals surface area (Å²) < 4.78 is 5.74. The maximum Gasteiger partial charge on any atom is 0.408 e. The highest BCUT2D eigenvalue weighted by molar-refractivity contribution is 5.90. The van der Waals surface area contributed by atoms with Crippen molar-refractivity contribution in [2.75, 3.05) is 19.7 Å². The molecule has 1 heterocycles. The number of carbonyl (C=O) groups excluding carboxylic acids is 2. The van der Waals surface area contributed by atoms with E-state index in [1.807, 2.05) is 31.2 Å². The van der Waals surface area contributed by atoms with Crippen LogP contribution in [0.2, 0.25) is 0 Å². The lowest BCUT2D eigenvalue weighted by atomic mass is 9.95. The van der Waals surface area contributed by atoms with Crippen LogP contribution in [0.25, 0.3) is 11.1 Å². The van der Waals surface area contributed by atoms with Crippen molar-refractivity contribution in [1.82, 2.24) is 10.2 Å². The fourth-order valence-corrected chi connectivity index (χ4v) is 6.19. The molecule has 2 amide bonds. The van der Waals surface area contributed by atoms with Gasteiger partial charge in [-0.15, -0.1) is 0 Å². The molecule has 3 aliphatic rings. The Hall–Kier alpha value is -3.35. The zero-order chi connectivity index (χ0) is 24.6. The van der Waals surface area contributed by atoms with Gasteiger partial charge in [0, 0.05) is 19.0 Å². The third-order valence-corrected chi connectivity index (χ3v) is 8.04. The molecular weight excluding hydrogens is 444 g/mol. The van der Waals surface area contributed by atoms with Crippen molar-refractivity contribution in [2.45, 2.75) is 50.5 Å². The molecule has 35 heavy (non-hydrogen) atoms. The molecule has 0 radical (unpaired) electrons. The third kappa shape index (κ3) is 4.40. The molecule has 0 spiro atoms. The van der Waals surface area contributed by atoms with Crippen molar-refractivity contribution >= 4 is 18.0 Å². The van der Waals surface area contributed by atoms with Crippen molar-refractivity contribution in [2.24, 2.45) is 11.8 Å². The van der Waals surface area contributed by atoms with Crippen LogP contribution in [0.5, 0.6) is 0 Å². The molecule has 0 bridgehead atoms. The number of fused-ring (bicyclic) bond motifs is 3. The fourth-order valence-electron chi connectivity index (χ4n) is 6.19. The summed E-state index contributed by atoms with van der Waals surface area (Å²) in [5, 5.41) is 12.1. The van der Waals surface area contributed by atoms with Gasteiger partial charge in [0.05, 0.1) is 6.42 Å². The minimum absolute atomic E-state index is 0.0420. The molecule has 1 saturated heterocycles. The predicted molar refractivity (Wildman–Crippen MR) is 131 cm³/mol. The van der Waals surface area contributed by atoms with Crippen LogP contribution in [-0.4, -0.2) is 53.2 Å². The van der Waals surface area contributed by atoms with Crippen LogP contribution in [0.3, 0.4) is 0 Å². The van der Waals surface area contributed by atoms with E-state index in [0.29, 0.717) is 25.9 Å². The van der Waals surface area contributed by atoms with Crippen molar-refractivity contribution in [1.29, 1.82) is 0 Å². The zero-order valence-corrected chi connectivity index (χ0v) is 20.0. The second kappa shape index (κ2) is 9.36. The molecule has 7 nitrogen and oxygen atoms in total. The number of carboxylic acids is 1. The van der Waals surface area contributed by atoms with E-state index < -0.39 is 17.6 Å². The first-order valence-corrected chi connectivity index (χ1v) is 12.5. The molecule has 2 aromatic carbocycles. The number of likely N-dealkylation sites (tertiary alicyclic amines) is 1. The lowest BCUT2D eigenvalue weighted by molar-refractivity contribution is -0.139. The second-order valence-corrected chi connectivity index (χ2v) is 10.3. The van der Waals surface area contributed by atoms with E-state index in [4.69, 9.17) is 4.74 Å². The summed E-state index contributed by atoms with van der Waals surface area (Å²) in [6, 6.07) is 16.4. The minimum Gasteiger partial charge on any atom is -0.481 e. The van der Waals surface area contributed by atoms with Crippen LogP contribution >= 0.6 is 0 Å². The Morgan fingerprint density at radius 2 is 1.60 bits per heavy atom. The smallest absolute Gasteiger partial charge is 0.408 e. The van der Waals surface area contributed by atoms with Crippen molar-refractivity contribution in [3.63, 3.8) is 0 Å². The number of ether oxygens (including phenoxy) is 1. The Morgan fingerprint density at radius 1 is 1.00 bits per heavy atom. The van der Waals surface area contributed by atoms with Crippen LogP contribution in [0.15, 0.2) is 48.5 Å². The summed E-state index contributed by atoms with van der Waals surface area (Å²) in [5.74, 6) is -0.946. The first-order valence-electron chi connectivity index (χ1n) is 12.5. The van der Waals surface area contributed by atoms with Crippen molar-refractivity contribution in [3.05, 3.63) is 59.7 Å². The number of hydrogen-bond acceptors (Lipinski definition) is 4. The minimum atomic E-state index is -0.972. The van der Waals surface area contributed by atoms with E-state index in [2.05, 4.69) is 29.6 Å². The van der Waals surface area contributed by atoms with E-state index in [0.717, 1.165) is 24.0 Å². The largest absolute Gasteiger partial charge is 0.481 e. The summed E-state index contributed by atoms with van der Waals surface area (Å²) in [6.45, 7) is 3.12. The number of carbonyl (C=O) groups is 3. The maximum absolute atomic E-state index is 13.6. The predicted octanol–water partition coefficient (Wildman–Crippen LogP) is 4.41. The standard InChI is InChI=1S/C28H32N2O5/c1-18-15-30(16-19(18)14-25(31)32)26(33)28(12-6-7-13-28)29-27(34)35-17-24-22-10-4-2-8-20(22)21-9-3-5-11-23(21)24/h2-5,8-11,18-19,24H,6-7,12-17H2,1H3,(H,29,34)(H,31,32)/t18-,19-/m1/s1. The average molecular weight is 477 g/mol. The summed E-state index contributed by atoms with van der Waals surface area (Å²) >= 11 is 0. The Bertz CT molecular complexity index is 1090. The summed E-state index contributed by atoms with van der Waals surface area (Å²) in [4.78, 5) is 39.5. The fraction of sp³-hybridized carbons (Fsp3) is 0.464. The third-order valence-electron chi connectivity index (χ3n) is 8.04. The SMILES string of the molecule is C[C@@H]1CN(C(=O)C2(NC(=O)OCC3c4ccccc4-c4ccccc43)CCCC2)C[C@H]1CC(=O)O. The highest BCUT2D eigenvalue weighted by Gasteiger charge is 2.48. The van der Waals surface area contributed by atoms with Gasteiger partial charge in [-0.2, -0.15) is 0 Å². The lowest BCUT2D eigenvalue weighted by Gasteiger charge is -2.33. The molecule has 7 heteroatoms. The van der Waals surface area contributed by atoms with Gasteiger partial charge in [0.1, 0.15) is 12.1 Å². The van der Waals surface area contributed by atoms with Gasteiger partial charge in [0.15, 0.2) is 0 Å². The monoisotopic (exact) mass is 476 g/mol. The molecule has 1 aliphatic heterocycles. The van der Waals surface area contributed by atoms with E-state index in [1.165, 1.54) is 11.1 Å². The van der Waals surface area contributed by atoms with Crippen LogP contribution in [-0.2, 0) is 14.3 Å².